The van der Waals surface area contributed by atoms with Gasteiger partial charge in [-0.2, -0.15) is 5.26 Å². The first-order valence-electron chi connectivity index (χ1n) is 5.49. The maximum absolute atomic E-state index is 11.2. The van der Waals surface area contributed by atoms with Crippen molar-refractivity contribution in [2.45, 2.75) is 31.7 Å². The van der Waals surface area contributed by atoms with Gasteiger partial charge in [-0.3, -0.25) is 9.69 Å². The summed E-state index contributed by atoms with van der Waals surface area (Å²) in [4.78, 5) is 13.2. The predicted octanol–water partition coefficient (Wildman–Crippen LogP) is 0.747. The van der Waals surface area contributed by atoms with E-state index < -0.39 is 0 Å². The van der Waals surface area contributed by atoms with Crippen molar-refractivity contribution in [3.05, 3.63) is 0 Å². The van der Waals surface area contributed by atoms with E-state index in [9.17, 15) is 4.79 Å². The van der Waals surface area contributed by atoms with Crippen LogP contribution in [0.4, 0.5) is 0 Å². The lowest BCUT2D eigenvalue weighted by Crippen LogP contribution is -2.44. The molecule has 0 aromatic heterocycles. The molecule has 1 fully saturated rings. The molecule has 0 aromatic rings. The highest BCUT2D eigenvalue weighted by Crippen LogP contribution is 2.27. The van der Waals surface area contributed by atoms with E-state index in [0.29, 0.717) is 6.54 Å². The highest BCUT2D eigenvalue weighted by molar-refractivity contribution is 5.77. The molecule has 0 aliphatic heterocycles. The van der Waals surface area contributed by atoms with Gasteiger partial charge in [0.25, 0.3) is 0 Å². The van der Waals surface area contributed by atoms with E-state index in [4.69, 9.17) is 5.26 Å². The van der Waals surface area contributed by atoms with Gasteiger partial charge in [0.2, 0.25) is 5.91 Å². The molecule has 0 saturated heterocycles. The van der Waals surface area contributed by atoms with Gasteiger partial charge in [-0.25, -0.2) is 0 Å². The third kappa shape index (κ3) is 3.21. The van der Waals surface area contributed by atoms with E-state index in [0.717, 1.165) is 19.3 Å². The summed E-state index contributed by atoms with van der Waals surface area (Å²) in [6, 6.07) is 2.60. The Balaban J connectivity index is 2.52. The standard InChI is InChI=1S/C11H19N3O/c1-13-11(15)8-14(2)10-6-4-3-5-9(10)7-12/h9-10H,3-6,8H2,1-2H3,(H,13,15). The number of nitriles is 1. The fourth-order valence-corrected chi connectivity index (χ4v) is 2.21. The molecule has 1 N–H and O–H groups in total. The minimum atomic E-state index is 0.0137. The van der Waals surface area contributed by atoms with Crippen molar-refractivity contribution in [2.75, 3.05) is 20.6 Å². The van der Waals surface area contributed by atoms with Crippen molar-refractivity contribution < 1.29 is 4.79 Å². The van der Waals surface area contributed by atoms with Gasteiger partial charge in [0, 0.05) is 13.1 Å². The minimum absolute atomic E-state index is 0.0137. The van der Waals surface area contributed by atoms with Crippen LogP contribution in [0.2, 0.25) is 0 Å². The Morgan fingerprint density at radius 2 is 2.20 bits per heavy atom. The molecule has 0 aromatic carbocycles. The first-order chi connectivity index (χ1) is 7.19. The van der Waals surface area contributed by atoms with Crippen LogP contribution in [0.15, 0.2) is 0 Å². The third-order valence-corrected chi connectivity index (χ3v) is 3.13. The zero-order chi connectivity index (χ0) is 11.3. The van der Waals surface area contributed by atoms with E-state index in [2.05, 4.69) is 11.4 Å². The number of hydrogen-bond donors (Lipinski definition) is 1. The molecule has 1 aliphatic rings. The van der Waals surface area contributed by atoms with Crippen LogP contribution in [0.25, 0.3) is 0 Å². The van der Waals surface area contributed by atoms with Crippen LogP contribution in [0.3, 0.4) is 0 Å². The zero-order valence-electron chi connectivity index (χ0n) is 9.49. The Morgan fingerprint density at radius 3 is 2.80 bits per heavy atom. The largest absolute Gasteiger partial charge is 0.358 e. The van der Waals surface area contributed by atoms with Crippen LogP contribution in [0.1, 0.15) is 25.7 Å². The summed E-state index contributed by atoms with van der Waals surface area (Å²) < 4.78 is 0. The Labute approximate surface area is 91.2 Å². The van der Waals surface area contributed by atoms with E-state index >= 15 is 0 Å². The van der Waals surface area contributed by atoms with E-state index in [1.807, 2.05) is 11.9 Å². The van der Waals surface area contributed by atoms with Gasteiger partial charge >= 0.3 is 0 Å². The average molecular weight is 209 g/mol. The highest BCUT2D eigenvalue weighted by Gasteiger charge is 2.28. The molecule has 1 saturated carbocycles. The van der Waals surface area contributed by atoms with Crippen molar-refractivity contribution in [2.24, 2.45) is 5.92 Å². The Bertz CT molecular complexity index is 259. The summed E-state index contributed by atoms with van der Waals surface area (Å²) in [5.41, 5.74) is 0. The zero-order valence-corrected chi connectivity index (χ0v) is 9.49. The van der Waals surface area contributed by atoms with Gasteiger partial charge in [0.1, 0.15) is 0 Å². The lowest BCUT2D eigenvalue weighted by atomic mass is 9.84. The van der Waals surface area contributed by atoms with E-state index in [-0.39, 0.29) is 17.9 Å². The Kier molecular flexibility index (Phi) is 4.57. The number of likely N-dealkylation sites (N-methyl/N-ethyl adjacent to an activating group) is 2. The highest BCUT2D eigenvalue weighted by atomic mass is 16.1. The molecule has 2 unspecified atom stereocenters. The molecule has 1 amide bonds. The number of carbonyl (C=O) groups is 1. The smallest absolute Gasteiger partial charge is 0.233 e. The third-order valence-electron chi connectivity index (χ3n) is 3.13. The first-order valence-corrected chi connectivity index (χ1v) is 5.49. The second-order valence-electron chi connectivity index (χ2n) is 4.18. The topological polar surface area (TPSA) is 56.1 Å². The van der Waals surface area contributed by atoms with Crippen LogP contribution in [-0.4, -0.2) is 37.5 Å². The lowest BCUT2D eigenvalue weighted by molar-refractivity contribution is -0.122. The van der Waals surface area contributed by atoms with Gasteiger partial charge in [-0.1, -0.05) is 12.8 Å². The quantitative estimate of drug-likeness (QED) is 0.746. The van der Waals surface area contributed by atoms with E-state index in [1.54, 1.807) is 7.05 Å². The van der Waals surface area contributed by atoms with Crippen molar-refractivity contribution in [3.8, 4) is 6.07 Å². The molecule has 0 bridgehead atoms. The van der Waals surface area contributed by atoms with Crippen LogP contribution < -0.4 is 5.32 Å². The normalized spacial score (nSPS) is 26.0. The molecule has 0 heterocycles. The summed E-state index contributed by atoms with van der Waals surface area (Å²) >= 11 is 0. The maximum atomic E-state index is 11.2. The molecular weight excluding hydrogens is 190 g/mol. The molecule has 84 valence electrons. The van der Waals surface area contributed by atoms with Crippen LogP contribution >= 0.6 is 0 Å². The van der Waals surface area contributed by atoms with Crippen LogP contribution in [-0.2, 0) is 4.79 Å². The summed E-state index contributed by atoms with van der Waals surface area (Å²) in [5.74, 6) is 0.105. The molecule has 1 rings (SSSR count). The minimum Gasteiger partial charge on any atom is -0.358 e. The van der Waals surface area contributed by atoms with Crippen LogP contribution in [0, 0.1) is 17.2 Å². The van der Waals surface area contributed by atoms with Gasteiger partial charge in [0.15, 0.2) is 0 Å². The number of nitrogens with zero attached hydrogens (tertiary/aromatic N) is 2. The van der Waals surface area contributed by atoms with Crippen molar-refractivity contribution in [1.82, 2.24) is 10.2 Å². The van der Waals surface area contributed by atoms with Gasteiger partial charge in [-0.05, 0) is 19.9 Å². The fourth-order valence-electron chi connectivity index (χ4n) is 2.21. The molecule has 1 aliphatic carbocycles. The van der Waals surface area contributed by atoms with Gasteiger partial charge in [-0.15, -0.1) is 0 Å². The summed E-state index contributed by atoms with van der Waals surface area (Å²) in [7, 11) is 3.56. The van der Waals surface area contributed by atoms with Gasteiger partial charge in [0.05, 0.1) is 18.5 Å². The molecule has 4 nitrogen and oxygen atoms in total. The molecular formula is C11H19N3O. The Hall–Kier alpha value is -1.08. The summed E-state index contributed by atoms with van der Waals surface area (Å²) in [6.45, 7) is 0.388. The second-order valence-corrected chi connectivity index (χ2v) is 4.18. The first kappa shape index (κ1) is 12.0. The maximum Gasteiger partial charge on any atom is 0.233 e. The number of amides is 1. The lowest BCUT2D eigenvalue weighted by Gasteiger charge is -2.34. The SMILES string of the molecule is CNC(=O)CN(C)C1CCCCC1C#N. The van der Waals surface area contributed by atoms with E-state index in [1.165, 1.54) is 6.42 Å². The van der Waals surface area contributed by atoms with Crippen molar-refractivity contribution in [1.29, 1.82) is 5.26 Å². The van der Waals surface area contributed by atoms with Gasteiger partial charge < -0.3 is 5.32 Å². The second kappa shape index (κ2) is 5.72. The predicted molar refractivity (Wildman–Crippen MR) is 58.1 cm³/mol. The van der Waals surface area contributed by atoms with Crippen LogP contribution in [0.5, 0.6) is 0 Å². The van der Waals surface area contributed by atoms with Crippen molar-refractivity contribution >= 4 is 5.91 Å². The Morgan fingerprint density at radius 1 is 1.53 bits per heavy atom. The molecule has 0 spiro atoms. The summed E-state index contributed by atoms with van der Waals surface area (Å²) in [5, 5.41) is 11.6. The van der Waals surface area contributed by atoms with Crippen molar-refractivity contribution in [3.63, 3.8) is 0 Å². The molecule has 0 radical (unpaired) electrons. The molecule has 4 heteroatoms. The number of hydrogen-bond acceptors (Lipinski definition) is 3. The fraction of sp³-hybridized carbons (Fsp3) is 0.818. The number of rotatable bonds is 3. The average Bonchev–Trinajstić information content (AvgIpc) is 2.28. The molecule has 15 heavy (non-hydrogen) atoms. The summed E-state index contributed by atoms with van der Waals surface area (Å²) in [6.07, 6.45) is 4.31. The number of nitrogens with one attached hydrogen (secondary N) is 1. The monoisotopic (exact) mass is 209 g/mol. The number of carbonyl (C=O) groups excluding carboxylic acids is 1. The molecule has 2 atom stereocenters.